The van der Waals surface area contributed by atoms with Crippen LogP contribution in [0.1, 0.15) is 28.0 Å². The van der Waals surface area contributed by atoms with Crippen molar-refractivity contribution in [3.05, 3.63) is 89.7 Å². The van der Waals surface area contributed by atoms with Gasteiger partial charge in [0.25, 0.3) is 5.91 Å². The standard InChI is InChI=1S/C26H21F3N4O3/c1-16-4-2-3-5-20(16)33-23(34)12-13-30-25(35)22-9-6-17-14-19(8-10-21(17)32-22)36-24-11-7-18(15-31-24)26(27,28)29/h2-11,14-15H,12-13H2,1H3,(H,30,35)(H,33,34). The molecule has 2 heterocycles. The van der Waals surface area contributed by atoms with Crippen LogP contribution in [-0.4, -0.2) is 28.3 Å². The third-order valence-electron chi connectivity index (χ3n) is 5.24. The van der Waals surface area contributed by atoms with Crippen LogP contribution in [0.3, 0.4) is 0 Å². The molecule has 7 nitrogen and oxygen atoms in total. The summed E-state index contributed by atoms with van der Waals surface area (Å²) in [6, 6.07) is 17.5. The SMILES string of the molecule is Cc1ccccc1NC(=O)CCNC(=O)c1ccc2cc(Oc3ccc(C(F)(F)F)cn3)ccc2n1. The molecule has 0 saturated carbocycles. The number of amides is 2. The minimum Gasteiger partial charge on any atom is -0.439 e. The van der Waals surface area contributed by atoms with Gasteiger partial charge in [0, 0.05) is 36.3 Å². The van der Waals surface area contributed by atoms with Gasteiger partial charge in [0.15, 0.2) is 0 Å². The van der Waals surface area contributed by atoms with Crippen LogP contribution in [0.2, 0.25) is 0 Å². The highest BCUT2D eigenvalue weighted by molar-refractivity contribution is 5.96. The van der Waals surface area contributed by atoms with Gasteiger partial charge in [-0.1, -0.05) is 24.3 Å². The Morgan fingerprint density at radius 1 is 1.00 bits per heavy atom. The van der Waals surface area contributed by atoms with Gasteiger partial charge >= 0.3 is 6.18 Å². The Bertz CT molecular complexity index is 1410. The molecule has 0 bridgehead atoms. The van der Waals surface area contributed by atoms with Crippen molar-refractivity contribution >= 4 is 28.4 Å². The number of hydrogen-bond acceptors (Lipinski definition) is 5. The number of fused-ring (bicyclic) bond motifs is 1. The zero-order chi connectivity index (χ0) is 25.7. The molecule has 0 unspecified atom stereocenters. The predicted octanol–water partition coefficient (Wildman–Crippen LogP) is 5.51. The minimum absolute atomic E-state index is 0.0118. The molecular formula is C26H21F3N4O3. The van der Waals surface area contributed by atoms with Gasteiger partial charge in [0.05, 0.1) is 11.1 Å². The highest BCUT2D eigenvalue weighted by Crippen LogP contribution is 2.30. The van der Waals surface area contributed by atoms with Crippen LogP contribution in [0.25, 0.3) is 10.9 Å². The first-order valence-electron chi connectivity index (χ1n) is 10.9. The lowest BCUT2D eigenvalue weighted by Gasteiger charge is -2.10. The van der Waals surface area contributed by atoms with Crippen molar-refractivity contribution in [2.24, 2.45) is 0 Å². The zero-order valence-electron chi connectivity index (χ0n) is 19.1. The number of anilines is 1. The molecule has 2 N–H and O–H groups in total. The number of carbonyl (C=O) groups excluding carboxylic acids is 2. The fourth-order valence-electron chi connectivity index (χ4n) is 3.33. The maximum atomic E-state index is 12.7. The molecule has 0 aliphatic heterocycles. The Morgan fingerprint density at radius 2 is 1.81 bits per heavy atom. The van der Waals surface area contributed by atoms with Crippen molar-refractivity contribution in [3.63, 3.8) is 0 Å². The van der Waals surface area contributed by atoms with E-state index in [-0.39, 0.29) is 30.4 Å². The van der Waals surface area contributed by atoms with E-state index < -0.39 is 17.6 Å². The van der Waals surface area contributed by atoms with Crippen molar-refractivity contribution < 1.29 is 27.5 Å². The summed E-state index contributed by atoms with van der Waals surface area (Å²) in [7, 11) is 0. The lowest BCUT2D eigenvalue weighted by atomic mass is 10.2. The Morgan fingerprint density at radius 3 is 2.53 bits per heavy atom. The molecule has 0 atom stereocenters. The van der Waals surface area contributed by atoms with Crippen LogP contribution in [0.4, 0.5) is 18.9 Å². The molecule has 0 fully saturated rings. The summed E-state index contributed by atoms with van der Waals surface area (Å²) in [5.74, 6) is -0.271. The molecule has 2 amide bonds. The van der Waals surface area contributed by atoms with Crippen molar-refractivity contribution in [1.82, 2.24) is 15.3 Å². The second-order valence-electron chi connectivity index (χ2n) is 7.90. The number of hydrogen-bond donors (Lipinski definition) is 2. The first-order valence-corrected chi connectivity index (χ1v) is 10.9. The molecule has 4 rings (SSSR count). The van der Waals surface area contributed by atoms with Crippen LogP contribution in [0.5, 0.6) is 11.6 Å². The largest absolute Gasteiger partial charge is 0.439 e. The van der Waals surface area contributed by atoms with Crippen molar-refractivity contribution in [2.45, 2.75) is 19.5 Å². The van der Waals surface area contributed by atoms with Gasteiger partial charge in [0.2, 0.25) is 11.8 Å². The number of nitrogens with one attached hydrogen (secondary N) is 2. The average Bonchev–Trinajstić information content (AvgIpc) is 2.85. The van der Waals surface area contributed by atoms with E-state index in [1.807, 2.05) is 25.1 Å². The van der Waals surface area contributed by atoms with Crippen LogP contribution >= 0.6 is 0 Å². The van der Waals surface area contributed by atoms with Gasteiger partial charge in [-0.05, 0) is 48.9 Å². The van der Waals surface area contributed by atoms with Gasteiger partial charge in [-0.25, -0.2) is 9.97 Å². The predicted molar refractivity (Wildman–Crippen MR) is 128 cm³/mol. The molecule has 10 heteroatoms. The number of ether oxygens (including phenoxy) is 1. The zero-order valence-corrected chi connectivity index (χ0v) is 19.1. The van der Waals surface area contributed by atoms with Crippen LogP contribution in [-0.2, 0) is 11.0 Å². The van der Waals surface area contributed by atoms with E-state index in [9.17, 15) is 22.8 Å². The number of rotatable bonds is 7. The maximum Gasteiger partial charge on any atom is 0.417 e. The number of aryl methyl sites for hydroxylation is 1. The van der Waals surface area contributed by atoms with Gasteiger partial charge < -0.3 is 15.4 Å². The van der Waals surface area contributed by atoms with E-state index in [4.69, 9.17) is 4.74 Å². The smallest absolute Gasteiger partial charge is 0.417 e. The number of nitrogens with zero attached hydrogens (tertiary/aromatic N) is 2. The summed E-state index contributed by atoms with van der Waals surface area (Å²) in [4.78, 5) is 32.6. The van der Waals surface area contributed by atoms with E-state index in [1.54, 1.807) is 30.3 Å². The summed E-state index contributed by atoms with van der Waals surface area (Å²) in [6.45, 7) is 2.03. The molecule has 0 saturated heterocycles. The summed E-state index contributed by atoms with van der Waals surface area (Å²) in [5.41, 5.74) is 1.50. The van der Waals surface area contributed by atoms with E-state index in [2.05, 4.69) is 20.6 Å². The van der Waals surface area contributed by atoms with E-state index in [0.717, 1.165) is 23.4 Å². The first-order chi connectivity index (χ1) is 17.2. The molecule has 36 heavy (non-hydrogen) atoms. The lowest BCUT2D eigenvalue weighted by molar-refractivity contribution is -0.137. The third-order valence-corrected chi connectivity index (χ3v) is 5.24. The second-order valence-corrected chi connectivity index (χ2v) is 7.90. The summed E-state index contributed by atoms with van der Waals surface area (Å²) < 4.78 is 43.6. The van der Waals surface area contributed by atoms with E-state index in [0.29, 0.717) is 22.8 Å². The second kappa shape index (κ2) is 10.4. The Labute approximate surface area is 204 Å². The van der Waals surface area contributed by atoms with Gasteiger partial charge in [0.1, 0.15) is 11.4 Å². The number of pyridine rings is 2. The van der Waals surface area contributed by atoms with Crippen molar-refractivity contribution in [3.8, 4) is 11.6 Å². The molecular weight excluding hydrogens is 473 g/mol. The Kier molecular flexibility index (Phi) is 7.14. The van der Waals surface area contributed by atoms with Crippen molar-refractivity contribution in [1.29, 1.82) is 0 Å². The molecule has 0 aliphatic carbocycles. The Hall–Kier alpha value is -4.47. The number of aromatic nitrogens is 2. The Balaban J connectivity index is 1.34. The molecule has 184 valence electrons. The van der Waals surface area contributed by atoms with Gasteiger partial charge in [-0.15, -0.1) is 0 Å². The summed E-state index contributed by atoms with van der Waals surface area (Å²) in [6.07, 6.45) is -3.67. The van der Waals surface area contributed by atoms with Crippen LogP contribution < -0.4 is 15.4 Å². The van der Waals surface area contributed by atoms with Crippen LogP contribution in [0, 0.1) is 6.92 Å². The summed E-state index contributed by atoms with van der Waals surface area (Å²) >= 11 is 0. The molecule has 4 aromatic rings. The fraction of sp³-hybridized carbons (Fsp3) is 0.154. The first kappa shape index (κ1) is 24.6. The molecule has 0 spiro atoms. The summed E-state index contributed by atoms with van der Waals surface area (Å²) in [5, 5.41) is 6.15. The normalized spacial score (nSPS) is 11.2. The lowest BCUT2D eigenvalue weighted by Crippen LogP contribution is -2.28. The minimum atomic E-state index is -4.47. The third kappa shape index (κ3) is 6.15. The molecule has 2 aromatic heterocycles. The molecule has 0 aliphatic rings. The molecule has 0 radical (unpaired) electrons. The molecule has 2 aromatic carbocycles. The van der Waals surface area contributed by atoms with E-state index >= 15 is 0 Å². The number of alkyl halides is 3. The van der Waals surface area contributed by atoms with Crippen LogP contribution in [0.15, 0.2) is 72.9 Å². The number of carbonyl (C=O) groups is 2. The van der Waals surface area contributed by atoms with Gasteiger partial charge in [-0.3, -0.25) is 9.59 Å². The highest BCUT2D eigenvalue weighted by Gasteiger charge is 2.30. The maximum absolute atomic E-state index is 12.7. The van der Waals surface area contributed by atoms with Gasteiger partial charge in [-0.2, -0.15) is 13.2 Å². The average molecular weight is 494 g/mol. The number of para-hydroxylation sites is 1. The number of benzene rings is 2. The monoisotopic (exact) mass is 494 g/mol. The topological polar surface area (TPSA) is 93.2 Å². The fourth-order valence-corrected chi connectivity index (χ4v) is 3.33. The highest BCUT2D eigenvalue weighted by atomic mass is 19.4. The van der Waals surface area contributed by atoms with E-state index in [1.165, 1.54) is 6.07 Å². The quantitative estimate of drug-likeness (QED) is 0.354. The number of halogens is 3. The van der Waals surface area contributed by atoms with Crippen molar-refractivity contribution in [2.75, 3.05) is 11.9 Å².